The molecule has 1 N–H and O–H groups in total. The molecule has 0 bridgehead atoms. The van der Waals surface area contributed by atoms with Gasteiger partial charge < -0.3 is 10.0 Å². The highest BCUT2D eigenvalue weighted by molar-refractivity contribution is 5.81. The molecule has 126 valence electrons. The largest absolute Gasteiger partial charge is 0.481 e. The fourth-order valence-corrected chi connectivity index (χ4v) is 3.05. The maximum Gasteiger partial charge on any atom is 0.311 e. The maximum absolute atomic E-state index is 12.4. The summed E-state index contributed by atoms with van der Waals surface area (Å²) in [5.41, 5.74) is -0.322. The first-order valence-corrected chi connectivity index (χ1v) is 7.87. The molecule has 0 unspecified atom stereocenters. The molecule has 1 fully saturated rings. The summed E-state index contributed by atoms with van der Waals surface area (Å²) in [5.74, 6) is -0.963. The van der Waals surface area contributed by atoms with Crippen molar-refractivity contribution in [3.63, 3.8) is 0 Å². The number of likely N-dealkylation sites (tertiary alicyclic amines) is 1. The number of carbonyl (C=O) groups excluding carboxylic acids is 1. The molecule has 2 aromatic rings. The van der Waals surface area contributed by atoms with E-state index in [1.807, 2.05) is 6.07 Å². The van der Waals surface area contributed by atoms with Gasteiger partial charge in [-0.05, 0) is 25.5 Å². The van der Waals surface area contributed by atoms with Crippen molar-refractivity contribution in [3.05, 3.63) is 40.7 Å². The van der Waals surface area contributed by atoms with Gasteiger partial charge in [-0.25, -0.2) is 0 Å². The molecule has 7 heteroatoms. The number of carboxylic acid groups (broad SMARTS) is 1. The number of rotatable bonds is 4. The van der Waals surface area contributed by atoms with Gasteiger partial charge in [-0.2, -0.15) is 5.10 Å². The van der Waals surface area contributed by atoms with E-state index in [0.29, 0.717) is 30.4 Å². The third kappa shape index (κ3) is 2.89. The molecule has 1 aromatic heterocycles. The highest BCUT2D eigenvalue weighted by Crippen LogP contribution is 2.30. The van der Waals surface area contributed by atoms with Gasteiger partial charge >= 0.3 is 5.97 Å². The third-order valence-corrected chi connectivity index (χ3v) is 4.64. The van der Waals surface area contributed by atoms with Crippen molar-refractivity contribution >= 4 is 22.8 Å². The van der Waals surface area contributed by atoms with Gasteiger partial charge in [-0.3, -0.25) is 19.1 Å². The normalized spacial score (nSPS) is 20.5. The molecular formula is C17H19N3O4. The molecule has 0 radical (unpaired) electrons. The summed E-state index contributed by atoms with van der Waals surface area (Å²) in [7, 11) is 0. The van der Waals surface area contributed by atoms with Crippen molar-refractivity contribution in [2.45, 2.75) is 26.3 Å². The van der Waals surface area contributed by atoms with E-state index in [0.717, 1.165) is 0 Å². The van der Waals surface area contributed by atoms with Crippen molar-refractivity contribution in [1.82, 2.24) is 14.7 Å². The Balaban J connectivity index is 1.71. The molecule has 7 nitrogen and oxygen atoms in total. The number of benzene rings is 1. The van der Waals surface area contributed by atoms with Crippen LogP contribution in [0.3, 0.4) is 0 Å². The minimum Gasteiger partial charge on any atom is -0.481 e. The van der Waals surface area contributed by atoms with Gasteiger partial charge in [0.15, 0.2) is 0 Å². The van der Waals surface area contributed by atoms with Gasteiger partial charge in [0, 0.05) is 24.9 Å². The Morgan fingerprint density at radius 3 is 2.79 bits per heavy atom. The Morgan fingerprint density at radius 2 is 2.08 bits per heavy atom. The molecule has 0 spiro atoms. The summed E-state index contributed by atoms with van der Waals surface area (Å²) in [4.78, 5) is 37.0. The van der Waals surface area contributed by atoms with Gasteiger partial charge in [-0.15, -0.1) is 0 Å². The molecule has 3 rings (SSSR count). The van der Waals surface area contributed by atoms with E-state index < -0.39 is 11.4 Å². The van der Waals surface area contributed by atoms with E-state index in [-0.39, 0.29) is 24.3 Å². The minimum atomic E-state index is -0.870. The number of aryl methyl sites for hydroxylation is 1. The number of aliphatic carboxylic acids is 1. The Kier molecular flexibility index (Phi) is 4.09. The quantitative estimate of drug-likeness (QED) is 0.907. The van der Waals surface area contributed by atoms with E-state index >= 15 is 0 Å². The van der Waals surface area contributed by atoms with Gasteiger partial charge in [0.05, 0.1) is 23.7 Å². The number of para-hydroxylation sites is 1. The fraction of sp³-hybridized carbons (Fsp3) is 0.412. The van der Waals surface area contributed by atoms with E-state index in [9.17, 15) is 19.5 Å². The van der Waals surface area contributed by atoms with Gasteiger partial charge in [-0.1, -0.05) is 12.1 Å². The molecule has 1 atom stereocenters. The Labute approximate surface area is 138 Å². The molecule has 1 amide bonds. The summed E-state index contributed by atoms with van der Waals surface area (Å²) in [5, 5.41) is 13.9. The number of carboxylic acids is 1. The topological polar surface area (TPSA) is 92.5 Å². The Morgan fingerprint density at radius 1 is 1.33 bits per heavy atom. The molecule has 0 aliphatic carbocycles. The summed E-state index contributed by atoms with van der Waals surface area (Å²) < 4.78 is 1.64. The van der Waals surface area contributed by atoms with E-state index in [1.165, 1.54) is 6.20 Å². The summed E-state index contributed by atoms with van der Waals surface area (Å²) in [6.45, 7) is 2.71. The number of amides is 1. The molecule has 2 heterocycles. The standard InChI is InChI=1S/C17H19N3O4/c1-17(16(23)24)7-9-19(11-17)15(22)6-8-20-13-5-3-2-4-12(13)14(21)10-18-20/h2-5,10H,6-9,11H2,1H3,(H,23,24)/t17-/m0/s1. The van der Waals surface area contributed by atoms with Crippen molar-refractivity contribution in [2.24, 2.45) is 5.41 Å². The molecule has 0 saturated carbocycles. The molecule has 1 aliphatic rings. The second-order valence-electron chi connectivity index (χ2n) is 6.43. The average molecular weight is 329 g/mol. The average Bonchev–Trinajstić information content (AvgIpc) is 2.98. The number of hydrogen-bond donors (Lipinski definition) is 1. The van der Waals surface area contributed by atoms with Crippen LogP contribution in [0.1, 0.15) is 19.8 Å². The van der Waals surface area contributed by atoms with Crippen molar-refractivity contribution in [1.29, 1.82) is 0 Å². The first kappa shape index (κ1) is 16.2. The first-order chi connectivity index (χ1) is 11.4. The predicted octanol–water partition coefficient (Wildman–Crippen LogP) is 1.11. The van der Waals surface area contributed by atoms with E-state index in [4.69, 9.17) is 0 Å². The zero-order valence-electron chi connectivity index (χ0n) is 13.4. The lowest BCUT2D eigenvalue weighted by molar-refractivity contribution is -0.147. The number of carbonyl (C=O) groups is 2. The van der Waals surface area contributed by atoms with Crippen LogP contribution in [0.2, 0.25) is 0 Å². The maximum atomic E-state index is 12.4. The van der Waals surface area contributed by atoms with Crippen LogP contribution in [0.4, 0.5) is 0 Å². The van der Waals surface area contributed by atoms with Crippen molar-refractivity contribution in [2.75, 3.05) is 13.1 Å². The summed E-state index contributed by atoms with van der Waals surface area (Å²) in [6, 6.07) is 7.14. The molecule has 1 aliphatic heterocycles. The number of fused-ring (bicyclic) bond motifs is 1. The van der Waals surface area contributed by atoms with Crippen LogP contribution in [-0.2, 0) is 16.1 Å². The summed E-state index contributed by atoms with van der Waals surface area (Å²) in [6.07, 6.45) is 1.94. The molecule has 24 heavy (non-hydrogen) atoms. The van der Waals surface area contributed by atoms with Crippen LogP contribution in [0.25, 0.3) is 10.9 Å². The van der Waals surface area contributed by atoms with Crippen LogP contribution >= 0.6 is 0 Å². The van der Waals surface area contributed by atoms with E-state index in [1.54, 1.807) is 34.7 Å². The Bertz CT molecular complexity index is 860. The second-order valence-corrected chi connectivity index (χ2v) is 6.43. The highest BCUT2D eigenvalue weighted by atomic mass is 16.4. The molecule has 1 aromatic carbocycles. The third-order valence-electron chi connectivity index (χ3n) is 4.64. The molecular weight excluding hydrogens is 310 g/mol. The minimum absolute atomic E-state index is 0.0930. The van der Waals surface area contributed by atoms with Gasteiger partial charge in [0.1, 0.15) is 0 Å². The zero-order chi connectivity index (χ0) is 17.3. The smallest absolute Gasteiger partial charge is 0.311 e. The SMILES string of the molecule is C[C@]1(C(=O)O)CCN(C(=O)CCn2ncc(=O)c3ccccc32)C1. The van der Waals surface area contributed by atoms with Crippen LogP contribution in [-0.4, -0.2) is 44.8 Å². The molecule has 1 saturated heterocycles. The lowest BCUT2D eigenvalue weighted by Crippen LogP contribution is -2.35. The van der Waals surface area contributed by atoms with Crippen LogP contribution in [0.5, 0.6) is 0 Å². The van der Waals surface area contributed by atoms with Gasteiger partial charge in [0.25, 0.3) is 0 Å². The van der Waals surface area contributed by atoms with Crippen LogP contribution in [0, 0.1) is 5.41 Å². The van der Waals surface area contributed by atoms with E-state index in [2.05, 4.69) is 5.10 Å². The first-order valence-electron chi connectivity index (χ1n) is 7.87. The lowest BCUT2D eigenvalue weighted by atomic mass is 9.90. The number of aromatic nitrogens is 2. The lowest BCUT2D eigenvalue weighted by Gasteiger charge is -2.20. The number of hydrogen-bond acceptors (Lipinski definition) is 4. The van der Waals surface area contributed by atoms with Crippen molar-refractivity contribution in [3.8, 4) is 0 Å². The van der Waals surface area contributed by atoms with Crippen molar-refractivity contribution < 1.29 is 14.7 Å². The Hall–Kier alpha value is -2.70. The fourth-order valence-electron chi connectivity index (χ4n) is 3.05. The highest BCUT2D eigenvalue weighted by Gasteiger charge is 2.41. The number of nitrogens with zero attached hydrogens (tertiary/aromatic N) is 3. The van der Waals surface area contributed by atoms with Gasteiger partial charge in [0.2, 0.25) is 11.3 Å². The monoisotopic (exact) mass is 329 g/mol. The summed E-state index contributed by atoms with van der Waals surface area (Å²) >= 11 is 0. The van der Waals surface area contributed by atoms with Crippen LogP contribution in [0.15, 0.2) is 35.3 Å². The van der Waals surface area contributed by atoms with Crippen LogP contribution < -0.4 is 5.43 Å². The predicted molar refractivity (Wildman–Crippen MR) is 87.6 cm³/mol. The zero-order valence-corrected chi connectivity index (χ0v) is 13.4. The second kappa shape index (κ2) is 6.07.